The molecule has 2 amide bonds. The molecular formula is C25H29N3O3. The topological polar surface area (TPSA) is 63.7 Å². The predicted molar refractivity (Wildman–Crippen MR) is 124 cm³/mol. The number of aryl methyl sites for hydroxylation is 1. The molecule has 0 radical (unpaired) electrons. The molecule has 162 valence electrons. The molecular weight excluding hydrogens is 390 g/mol. The highest BCUT2D eigenvalue weighted by Gasteiger charge is 2.23. The largest absolute Gasteiger partial charge is 0.497 e. The van der Waals surface area contributed by atoms with E-state index in [-0.39, 0.29) is 6.03 Å². The first-order valence-corrected chi connectivity index (χ1v) is 10.2. The Hall–Kier alpha value is -3.54. The van der Waals surface area contributed by atoms with Gasteiger partial charge < -0.3 is 14.8 Å². The minimum Gasteiger partial charge on any atom is -0.497 e. The van der Waals surface area contributed by atoms with Gasteiger partial charge in [0.15, 0.2) is 0 Å². The fraction of sp³-hybridized carbons (Fsp3) is 0.280. The molecule has 6 heteroatoms. The van der Waals surface area contributed by atoms with Crippen molar-refractivity contribution in [2.45, 2.75) is 27.2 Å². The smallest absolute Gasteiger partial charge is 0.327 e. The average molecular weight is 420 g/mol. The zero-order chi connectivity index (χ0) is 22.4. The zero-order valence-electron chi connectivity index (χ0n) is 18.7. The Balaban J connectivity index is 1.85. The van der Waals surface area contributed by atoms with Crippen molar-refractivity contribution < 1.29 is 14.3 Å². The van der Waals surface area contributed by atoms with E-state index in [0.29, 0.717) is 18.8 Å². The lowest BCUT2D eigenvalue weighted by Crippen LogP contribution is -2.39. The first-order chi connectivity index (χ1) is 15.0. The van der Waals surface area contributed by atoms with E-state index in [1.165, 1.54) is 0 Å². The Labute approximate surface area is 183 Å². The molecule has 0 aliphatic carbocycles. The number of urea groups is 1. The van der Waals surface area contributed by atoms with Crippen LogP contribution in [0.15, 0.2) is 54.7 Å². The number of pyridine rings is 1. The van der Waals surface area contributed by atoms with E-state index in [4.69, 9.17) is 9.47 Å². The normalized spacial score (nSPS) is 10.5. The van der Waals surface area contributed by atoms with Crippen LogP contribution in [0.5, 0.6) is 11.5 Å². The fourth-order valence-electron chi connectivity index (χ4n) is 3.46. The van der Waals surface area contributed by atoms with Crippen molar-refractivity contribution in [2.75, 3.05) is 25.7 Å². The molecule has 3 aromatic rings. The standard InChI is InChI=1S/C25H29N3O3/c1-17-7-6-15-26-24(17)28(22-12-13-23(31-5)19(3)18(22)2)25(29)27-16-14-20-8-10-21(30-4)11-9-20/h6-13,15H,14,16H2,1-5H3,(H,27,29). The Morgan fingerprint density at radius 1 is 0.968 bits per heavy atom. The molecule has 0 saturated heterocycles. The van der Waals surface area contributed by atoms with Crippen molar-refractivity contribution in [1.82, 2.24) is 10.3 Å². The Morgan fingerprint density at radius 2 is 1.71 bits per heavy atom. The average Bonchev–Trinajstić information content (AvgIpc) is 2.78. The van der Waals surface area contributed by atoms with Crippen molar-refractivity contribution in [3.8, 4) is 11.5 Å². The van der Waals surface area contributed by atoms with Gasteiger partial charge in [0.1, 0.15) is 17.3 Å². The van der Waals surface area contributed by atoms with Crippen LogP contribution in [0.1, 0.15) is 22.3 Å². The van der Waals surface area contributed by atoms with Crippen LogP contribution in [0, 0.1) is 20.8 Å². The van der Waals surface area contributed by atoms with Gasteiger partial charge >= 0.3 is 6.03 Å². The Morgan fingerprint density at radius 3 is 2.35 bits per heavy atom. The third-order valence-electron chi connectivity index (χ3n) is 5.42. The number of nitrogens with one attached hydrogen (secondary N) is 1. The fourth-order valence-corrected chi connectivity index (χ4v) is 3.46. The van der Waals surface area contributed by atoms with E-state index in [0.717, 1.165) is 39.4 Å². The molecule has 0 saturated carbocycles. The molecule has 0 spiro atoms. The lowest BCUT2D eigenvalue weighted by Gasteiger charge is -2.26. The van der Waals surface area contributed by atoms with Crippen LogP contribution in [-0.4, -0.2) is 31.8 Å². The molecule has 2 aromatic carbocycles. The SMILES string of the molecule is COc1ccc(CCNC(=O)N(c2ccc(OC)c(C)c2C)c2ncccc2C)cc1. The number of nitrogens with zero attached hydrogens (tertiary/aromatic N) is 2. The number of methoxy groups -OCH3 is 2. The van der Waals surface area contributed by atoms with Gasteiger partial charge in [0, 0.05) is 12.7 Å². The highest BCUT2D eigenvalue weighted by molar-refractivity contribution is 6.00. The molecule has 0 atom stereocenters. The van der Waals surface area contributed by atoms with E-state index < -0.39 is 0 Å². The molecule has 0 unspecified atom stereocenters. The van der Waals surface area contributed by atoms with Crippen LogP contribution in [0.2, 0.25) is 0 Å². The molecule has 0 aliphatic rings. The second kappa shape index (κ2) is 9.98. The van der Waals surface area contributed by atoms with E-state index in [9.17, 15) is 4.79 Å². The molecule has 1 aromatic heterocycles. The second-order valence-corrected chi connectivity index (χ2v) is 7.35. The van der Waals surface area contributed by atoms with Gasteiger partial charge in [-0.2, -0.15) is 0 Å². The van der Waals surface area contributed by atoms with Gasteiger partial charge in [-0.3, -0.25) is 0 Å². The summed E-state index contributed by atoms with van der Waals surface area (Å²) in [5.74, 6) is 2.21. The summed E-state index contributed by atoms with van der Waals surface area (Å²) in [5, 5.41) is 3.04. The van der Waals surface area contributed by atoms with Crippen LogP contribution in [-0.2, 0) is 6.42 Å². The maximum Gasteiger partial charge on any atom is 0.327 e. The number of anilines is 2. The first-order valence-electron chi connectivity index (χ1n) is 10.2. The highest BCUT2D eigenvalue weighted by atomic mass is 16.5. The summed E-state index contributed by atoms with van der Waals surface area (Å²) < 4.78 is 10.6. The quantitative estimate of drug-likeness (QED) is 0.578. The minimum atomic E-state index is -0.219. The summed E-state index contributed by atoms with van der Waals surface area (Å²) in [6, 6.07) is 15.2. The van der Waals surface area contributed by atoms with Crippen molar-refractivity contribution in [1.29, 1.82) is 0 Å². The summed E-state index contributed by atoms with van der Waals surface area (Å²) in [4.78, 5) is 19.5. The summed E-state index contributed by atoms with van der Waals surface area (Å²) in [5.41, 5.74) is 4.78. The number of carbonyl (C=O) groups excluding carboxylic acids is 1. The number of hydrogen-bond acceptors (Lipinski definition) is 4. The molecule has 3 rings (SSSR count). The van der Waals surface area contributed by atoms with Crippen LogP contribution in [0.4, 0.5) is 16.3 Å². The van der Waals surface area contributed by atoms with E-state index in [1.54, 1.807) is 25.3 Å². The van der Waals surface area contributed by atoms with Gasteiger partial charge in [0.2, 0.25) is 0 Å². The van der Waals surface area contributed by atoms with E-state index in [2.05, 4.69) is 10.3 Å². The lowest BCUT2D eigenvalue weighted by molar-refractivity contribution is 0.248. The highest BCUT2D eigenvalue weighted by Crippen LogP contribution is 2.34. The number of carbonyl (C=O) groups is 1. The molecule has 31 heavy (non-hydrogen) atoms. The summed E-state index contributed by atoms with van der Waals surface area (Å²) in [7, 11) is 3.29. The van der Waals surface area contributed by atoms with Gasteiger partial charge in [-0.1, -0.05) is 18.2 Å². The van der Waals surface area contributed by atoms with Gasteiger partial charge in [-0.05, 0) is 79.8 Å². The lowest BCUT2D eigenvalue weighted by atomic mass is 10.1. The maximum atomic E-state index is 13.3. The minimum absolute atomic E-state index is 0.219. The Kier molecular flexibility index (Phi) is 7.13. The van der Waals surface area contributed by atoms with Crippen LogP contribution in [0.3, 0.4) is 0 Å². The number of rotatable bonds is 7. The first kappa shape index (κ1) is 22.2. The predicted octanol–water partition coefficient (Wildman–Crippen LogP) is 5.11. The third kappa shape index (κ3) is 4.97. The van der Waals surface area contributed by atoms with Crippen molar-refractivity contribution in [3.63, 3.8) is 0 Å². The number of benzene rings is 2. The molecule has 0 fully saturated rings. The summed E-state index contributed by atoms with van der Waals surface area (Å²) in [6.45, 7) is 6.43. The maximum absolute atomic E-state index is 13.3. The molecule has 6 nitrogen and oxygen atoms in total. The zero-order valence-corrected chi connectivity index (χ0v) is 18.7. The van der Waals surface area contributed by atoms with Crippen molar-refractivity contribution in [3.05, 3.63) is 77.0 Å². The monoisotopic (exact) mass is 419 g/mol. The van der Waals surface area contributed by atoms with Crippen LogP contribution >= 0.6 is 0 Å². The van der Waals surface area contributed by atoms with Gasteiger partial charge in [-0.25, -0.2) is 14.7 Å². The van der Waals surface area contributed by atoms with E-state index >= 15 is 0 Å². The molecule has 1 heterocycles. The third-order valence-corrected chi connectivity index (χ3v) is 5.42. The van der Waals surface area contributed by atoms with E-state index in [1.807, 2.05) is 69.3 Å². The van der Waals surface area contributed by atoms with Crippen LogP contribution < -0.4 is 19.7 Å². The molecule has 1 N–H and O–H groups in total. The summed E-state index contributed by atoms with van der Waals surface area (Å²) >= 11 is 0. The number of amides is 2. The summed E-state index contributed by atoms with van der Waals surface area (Å²) in [6.07, 6.45) is 2.41. The van der Waals surface area contributed by atoms with Gasteiger partial charge in [0.25, 0.3) is 0 Å². The Bertz CT molecular complexity index is 1050. The number of aromatic nitrogens is 1. The number of hydrogen-bond donors (Lipinski definition) is 1. The van der Waals surface area contributed by atoms with Crippen LogP contribution in [0.25, 0.3) is 0 Å². The molecule has 0 bridgehead atoms. The number of ether oxygens (including phenoxy) is 2. The van der Waals surface area contributed by atoms with Gasteiger partial charge in [0.05, 0.1) is 19.9 Å². The molecule has 0 aliphatic heterocycles. The van der Waals surface area contributed by atoms with Gasteiger partial charge in [-0.15, -0.1) is 0 Å². The second-order valence-electron chi connectivity index (χ2n) is 7.35. The van der Waals surface area contributed by atoms with Crippen molar-refractivity contribution in [2.24, 2.45) is 0 Å². The van der Waals surface area contributed by atoms with Crippen molar-refractivity contribution >= 4 is 17.5 Å².